The van der Waals surface area contributed by atoms with E-state index in [0.717, 1.165) is 10.0 Å². The molecular weight excluding hydrogens is 390 g/mol. The summed E-state index contributed by atoms with van der Waals surface area (Å²) in [7, 11) is 0. The van der Waals surface area contributed by atoms with Gasteiger partial charge in [-0.15, -0.1) is 0 Å². The zero-order chi connectivity index (χ0) is 18.7. The van der Waals surface area contributed by atoms with Gasteiger partial charge in [-0.2, -0.15) is 10.2 Å². The van der Waals surface area contributed by atoms with Crippen molar-refractivity contribution >= 4 is 33.2 Å². The number of halogens is 1. The fourth-order valence-electron chi connectivity index (χ4n) is 2.39. The minimum atomic E-state index is -0.728. The first kappa shape index (κ1) is 18.8. The Balaban J connectivity index is 2.15. The molecule has 2 aromatic rings. The molecule has 2 rings (SSSR count). The molecule has 0 bridgehead atoms. The molecule has 0 aliphatic rings. The highest BCUT2D eigenvalue weighted by Crippen LogP contribution is 2.24. The van der Waals surface area contributed by atoms with Crippen LogP contribution in [0.4, 0.5) is 5.69 Å². The predicted molar refractivity (Wildman–Crippen MR) is 97.6 cm³/mol. The van der Waals surface area contributed by atoms with Crippen molar-refractivity contribution in [3.05, 3.63) is 55.8 Å². The van der Waals surface area contributed by atoms with Gasteiger partial charge in [0, 0.05) is 4.47 Å². The van der Waals surface area contributed by atoms with E-state index in [2.05, 4.69) is 31.6 Å². The van der Waals surface area contributed by atoms with E-state index in [1.54, 1.807) is 27.7 Å². The molecule has 8 nitrogen and oxygen atoms in total. The zero-order valence-corrected chi connectivity index (χ0v) is 15.9. The van der Waals surface area contributed by atoms with E-state index in [4.69, 9.17) is 0 Å². The average molecular weight is 408 g/mol. The third kappa shape index (κ3) is 4.11. The Labute approximate surface area is 153 Å². The van der Waals surface area contributed by atoms with E-state index >= 15 is 0 Å². The Bertz CT molecular complexity index is 842. The summed E-state index contributed by atoms with van der Waals surface area (Å²) in [5.74, 6) is -0.406. The molecule has 0 fully saturated rings. The van der Waals surface area contributed by atoms with Crippen LogP contribution in [0.5, 0.6) is 0 Å². The molecule has 1 amide bonds. The van der Waals surface area contributed by atoms with Crippen LogP contribution < -0.4 is 5.43 Å². The van der Waals surface area contributed by atoms with Crippen molar-refractivity contribution in [3.63, 3.8) is 0 Å². The lowest BCUT2D eigenvalue weighted by Gasteiger charge is -2.12. The zero-order valence-electron chi connectivity index (χ0n) is 14.3. The van der Waals surface area contributed by atoms with Crippen molar-refractivity contribution in [2.75, 3.05) is 0 Å². The van der Waals surface area contributed by atoms with E-state index in [0.29, 0.717) is 11.4 Å². The van der Waals surface area contributed by atoms with Crippen molar-refractivity contribution in [2.24, 2.45) is 5.10 Å². The molecular formula is C16H18BrN5O3. The first-order chi connectivity index (χ1) is 11.7. The number of nitrogens with one attached hydrogen (secondary N) is 1. The number of aromatic nitrogens is 2. The molecule has 1 unspecified atom stereocenters. The minimum absolute atomic E-state index is 0.0748. The summed E-state index contributed by atoms with van der Waals surface area (Å²) in [4.78, 5) is 22.9. The second-order valence-corrected chi connectivity index (χ2v) is 6.49. The van der Waals surface area contributed by atoms with Gasteiger partial charge in [0.25, 0.3) is 5.91 Å². The SMILES string of the molecule is CC(=NNC(=O)C(C)n1nc(C)c([N+](=O)[O-])c1C)c1ccc(Br)cc1. The molecule has 25 heavy (non-hydrogen) atoms. The Hall–Kier alpha value is -2.55. The Morgan fingerprint density at radius 2 is 1.96 bits per heavy atom. The van der Waals surface area contributed by atoms with Crippen LogP contribution >= 0.6 is 15.9 Å². The maximum absolute atomic E-state index is 12.3. The van der Waals surface area contributed by atoms with Crippen molar-refractivity contribution in [1.29, 1.82) is 0 Å². The van der Waals surface area contributed by atoms with Crippen molar-refractivity contribution < 1.29 is 9.72 Å². The molecule has 0 aliphatic heterocycles. The van der Waals surface area contributed by atoms with E-state index < -0.39 is 16.9 Å². The minimum Gasteiger partial charge on any atom is -0.271 e. The summed E-state index contributed by atoms with van der Waals surface area (Å²) in [5, 5.41) is 19.3. The molecule has 1 aromatic carbocycles. The molecule has 0 spiro atoms. The molecule has 1 heterocycles. The third-order valence-corrected chi connectivity index (χ3v) is 4.34. The van der Waals surface area contributed by atoms with Gasteiger partial charge in [0.2, 0.25) is 0 Å². The van der Waals surface area contributed by atoms with Crippen molar-refractivity contribution in [1.82, 2.24) is 15.2 Å². The molecule has 132 valence electrons. The highest BCUT2D eigenvalue weighted by Gasteiger charge is 2.26. The number of nitro groups is 1. The van der Waals surface area contributed by atoms with E-state index in [9.17, 15) is 14.9 Å². The summed E-state index contributed by atoms with van der Waals surface area (Å²) in [6, 6.07) is 6.79. The van der Waals surface area contributed by atoms with Crippen LogP contribution in [0.3, 0.4) is 0 Å². The Morgan fingerprint density at radius 1 is 1.36 bits per heavy atom. The van der Waals surface area contributed by atoms with Gasteiger partial charge in [0.15, 0.2) is 0 Å². The number of hydrogen-bond acceptors (Lipinski definition) is 5. The van der Waals surface area contributed by atoms with E-state index in [1.807, 2.05) is 24.3 Å². The van der Waals surface area contributed by atoms with Crippen LogP contribution in [-0.2, 0) is 4.79 Å². The first-order valence-corrected chi connectivity index (χ1v) is 8.31. The number of hydrogen-bond donors (Lipinski definition) is 1. The molecule has 1 aromatic heterocycles. The maximum atomic E-state index is 12.3. The number of amides is 1. The van der Waals surface area contributed by atoms with Crippen LogP contribution in [0.15, 0.2) is 33.8 Å². The molecule has 9 heteroatoms. The fourth-order valence-corrected chi connectivity index (χ4v) is 2.66. The summed E-state index contributed by atoms with van der Waals surface area (Å²) < 4.78 is 2.29. The first-order valence-electron chi connectivity index (χ1n) is 7.52. The Morgan fingerprint density at radius 3 is 2.48 bits per heavy atom. The van der Waals surface area contributed by atoms with Gasteiger partial charge in [-0.25, -0.2) is 5.43 Å². The van der Waals surface area contributed by atoms with E-state index in [-0.39, 0.29) is 11.4 Å². The van der Waals surface area contributed by atoms with Crippen LogP contribution in [0.1, 0.15) is 36.8 Å². The number of nitrogens with zero attached hydrogens (tertiary/aromatic N) is 4. The lowest BCUT2D eigenvalue weighted by molar-refractivity contribution is -0.386. The van der Waals surface area contributed by atoms with Crippen LogP contribution in [0, 0.1) is 24.0 Å². The van der Waals surface area contributed by atoms with Gasteiger partial charge in [0.1, 0.15) is 17.4 Å². The maximum Gasteiger partial charge on any atom is 0.312 e. The van der Waals surface area contributed by atoms with Gasteiger partial charge >= 0.3 is 5.69 Å². The molecule has 0 aliphatic carbocycles. The topological polar surface area (TPSA) is 102 Å². The summed E-state index contributed by atoms with van der Waals surface area (Å²) >= 11 is 3.36. The second-order valence-electron chi connectivity index (χ2n) is 5.58. The second kappa shape index (κ2) is 7.56. The van der Waals surface area contributed by atoms with Crippen LogP contribution in [0.25, 0.3) is 0 Å². The quantitative estimate of drug-likeness (QED) is 0.466. The molecule has 1 atom stereocenters. The molecule has 0 saturated heterocycles. The van der Waals surface area contributed by atoms with Gasteiger partial charge in [0.05, 0.1) is 10.6 Å². The van der Waals surface area contributed by atoms with Gasteiger partial charge in [-0.05, 0) is 45.4 Å². The highest BCUT2D eigenvalue weighted by atomic mass is 79.9. The number of rotatable bonds is 5. The smallest absolute Gasteiger partial charge is 0.271 e. The standard InChI is InChI=1S/C16H18BrN5O3/c1-9(13-5-7-14(17)8-6-13)18-19-16(23)12(4)21-11(3)15(22(24)25)10(2)20-21/h5-8,12H,1-4H3,(H,19,23). The summed E-state index contributed by atoms with van der Waals surface area (Å²) in [6.07, 6.45) is 0. The highest BCUT2D eigenvalue weighted by molar-refractivity contribution is 9.10. The Kier molecular flexibility index (Phi) is 5.68. The number of benzene rings is 1. The molecule has 0 saturated carbocycles. The number of carbonyl (C=O) groups is 1. The number of carbonyl (C=O) groups excluding carboxylic acids is 1. The number of aryl methyl sites for hydroxylation is 1. The van der Waals surface area contributed by atoms with Gasteiger partial charge in [-0.3, -0.25) is 19.6 Å². The van der Waals surface area contributed by atoms with Crippen LogP contribution in [-0.4, -0.2) is 26.3 Å². The lowest BCUT2D eigenvalue weighted by Crippen LogP contribution is -2.29. The largest absolute Gasteiger partial charge is 0.312 e. The van der Waals surface area contributed by atoms with Crippen LogP contribution in [0.2, 0.25) is 0 Å². The third-order valence-electron chi connectivity index (χ3n) is 3.81. The summed E-state index contributed by atoms with van der Waals surface area (Å²) in [6.45, 7) is 6.51. The monoisotopic (exact) mass is 407 g/mol. The van der Waals surface area contributed by atoms with Crippen molar-refractivity contribution in [3.8, 4) is 0 Å². The number of hydrazone groups is 1. The normalized spacial score (nSPS) is 12.8. The molecule has 1 N–H and O–H groups in total. The summed E-state index contributed by atoms with van der Waals surface area (Å²) in [5.41, 5.74) is 4.54. The lowest BCUT2D eigenvalue weighted by atomic mass is 10.1. The predicted octanol–water partition coefficient (Wildman–Crippen LogP) is 3.27. The van der Waals surface area contributed by atoms with Crippen molar-refractivity contribution in [2.45, 2.75) is 33.7 Å². The van der Waals surface area contributed by atoms with Gasteiger partial charge < -0.3 is 0 Å². The fraction of sp³-hybridized carbons (Fsp3) is 0.312. The molecule has 0 radical (unpaired) electrons. The van der Waals surface area contributed by atoms with E-state index in [1.165, 1.54) is 4.68 Å². The van der Waals surface area contributed by atoms with Gasteiger partial charge in [-0.1, -0.05) is 28.1 Å². The average Bonchev–Trinajstić information content (AvgIpc) is 2.86.